The van der Waals surface area contributed by atoms with Gasteiger partial charge in [-0.3, -0.25) is 4.57 Å². The monoisotopic (exact) mass is 376 g/mol. The Morgan fingerprint density at radius 1 is 0.808 bits per heavy atom. The molecular weight excluding hydrogens is 347 g/mol. The van der Waals surface area contributed by atoms with Crippen LogP contribution in [-0.4, -0.2) is 14.9 Å². The summed E-state index contributed by atoms with van der Waals surface area (Å²) in [6.45, 7) is 11.2. The Kier molecular flexibility index (Phi) is 5.19. The smallest absolute Gasteiger partial charge is 0.337 e. The van der Waals surface area contributed by atoms with Crippen molar-refractivity contribution in [2.24, 2.45) is 10.8 Å². The number of phenols is 1. The van der Waals surface area contributed by atoms with E-state index in [1.54, 1.807) is 12.1 Å². The summed E-state index contributed by atoms with van der Waals surface area (Å²) in [7, 11) is -4.62. The molecule has 2 rings (SSSR count). The molecule has 0 radical (unpaired) electrons. The summed E-state index contributed by atoms with van der Waals surface area (Å²) in [5.41, 5.74) is 0.508. The summed E-state index contributed by atoms with van der Waals surface area (Å²) in [4.78, 5) is 21.3. The van der Waals surface area contributed by atoms with E-state index in [1.807, 2.05) is 71.9 Å². The summed E-state index contributed by atoms with van der Waals surface area (Å²) >= 11 is 0. The number of benzene rings is 2. The molecule has 0 saturated carbocycles. The minimum Gasteiger partial charge on any atom is -0.508 e. The van der Waals surface area contributed by atoms with Crippen molar-refractivity contribution >= 4 is 7.60 Å². The molecule has 0 aliphatic rings. The molecule has 5 heteroatoms. The molecule has 3 N–H and O–H groups in total. The Hall–Kier alpha value is -1.61. The van der Waals surface area contributed by atoms with Crippen molar-refractivity contribution in [3.05, 3.63) is 54.1 Å². The third kappa shape index (κ3) is 3.22. The zero-order valence-corrected chi connectivity index (χ0v) is 17.2. The molecule has 0 amide bonds. The maximum atomic E-state index is 13.0. The lowest BCUT2D eigenvalue weighted by atomic mass is 9.61. The largest absolute Gasteiger partial charge is 0.508 e. The molecule has 0 fully saturated rings. The Balaban J connectivity index is 3.04. The fraction of sp³-hybridized carbons (Fsp3) is 0.429. The van der Waals surface area contributed by atoms with E-state index in [9.17, 15) is 19.5 Å². The summed E-state index contributed by atoms with van der Waals surface area (Å²) in [5.74, 6) is 0.0648. The van der Waals surface area contributed by atoms with E-state index in [0.717, 1.165) is 5.56 Å². The van der Waals surface area contributed by atoms with Crippen molar-refractivity contribution in [3.8, 4) is 16.9 Å². The van der Waals surface area contributed by atoms with Crippen LogP contribution in [0.15, 0.2) is 48.5 Å². The van der Waals surface area contributed by atoms with Crippen molar-refractivity contribution in [1.82, 2.24) is 0 Å². The van der Waals surface area contributed by atoms with Crippen LogP contribution in [0.3, 0.4) is 0 Å². The summed E-state index contributed by atoms with van der Waals surface area (Å²) in [5, 5.41) is 8.63. The summed E-state index contributed by atoms with van der Waals surface area (Å²) < 4.78 is 13.0. The molecule has 0 aromatic heterocycles. The fourth-order valence-corrected chi connectivity index (χ4v) is 6.92. The first-order chi connectivity index (χ1) is 11.7. The molecule has 26 heavy (non-hydrogen) atoms. The van der Waals surface area contributed by atoms with Crippen LogP contribution in [-0.2, 0) is 9.72 Å². The highest BCUT2D eigenvalue weighted by molar-refractivity contribution is 7.53. The fourth-order valence-electron chi connectivity index (χ4n) is 4.67. The average Bonchev–Trinajstić information content (AvgIpc) is 2.45. The first-order valence-corrected chi connectivity index (χ1v) is 10.3. The lowest BCUT2D eigenvalue weighted by Crippen LogP contribution is -2.50. The number of hydrogen-bond donors (Lipinski definition) is 3. The number of rotatable bonds is 3. The van der Waals surface area contributed by atoms with E-state index >= 15 is 0 Å². The predicted octanol–water partition coefficient (Wildman–Crippen LogP) is 5.52. The Morgan fingerprint density at radius 2 is 1.31 bits per heavy atom. The SMILES string of the molecule is CC(C)(C)C(c1ccc(O)cc1-c1ccccc1)(C(C)(C)C)P(=O)(O)O. The molecule has 0 aliphatic carbocycles. The summed E-state index contributed by atoms with van der Waals surface area (Å²) in [6, 6.07) is 14.1. The molecule has 0 heterocycles. The van der Waals surface area contributed by atoms with Crippen LogP contribution in [0.2, 0.25) is 0 Å². The lowest BCUT2D eigenvalue weighted by molar-refractivity contribution is 0.0988. The van der Waals surface area contributed by atoms with Crippen LogP contribution in [0.25, 0.3) is 11.1 Å². The first-order valence-electron chi connectivity index (χ1n) is 8.68. The minimum atomic E-state index is -4.62. The third-order valence-electron chi connectivity index (χ3n) is 5.09. The predicted molar refractivity (Wildman–Crippen MR) is 106 cm³/mol. The molecule has 0 aliphatic heterocycles. The Morgan fingerprint density at radius 3 is 1.73 bits per heavy atom. The zero-order chi connectivity index (χ0) is 20.0. The summed E-state index contributed by atoms with van der Waals surface area (Å²) in [6.07, 6.45) is 0. The van der Waals surface area contributed by atoms with Gasteiger partial charge >= 0.3 is 7.60 Å². The van der Waals surface area contributed by atoms with E-state index in [-0.39, 0.29) is 5.75 Å². The molecule has 0 bridgehead atoms. The van der Waals surface area contributed by atoms with Gasteiger partial charge < -0.3 is 14.9 Å². The van der Waals surface area contributed by atoms with Crippen molar-refractivity contribution in [3.63, 3.8) is 0 Å². The van der Waals surface area contributed by atoms with Crippen LogP contribution in [0.5, 0.6) is 5.75 Å². The molecule has 0 atom stereocenters. The molecule has 0 unspecified atom stereocenters. The van der Waals surface area contributed by atoms with Crippen molar-refractivity contribution < 1.29 is 19.5 Å². The van der Waals surface area contributed by atoms with Gasteiger partial charge in [0.05, 0.1) is 0 Å². The van der Waals surface area contributed by atoms with Gasteiger partial charge in [-0.05, 0) is 39.7 Å². The van der Waals surface area contributed by atoms with Gasteiger partial charge in [0.15, 0.2) is 0 Å². The second-order valence-electron chi connectivity index (χ2n) is 8.85. The topological polar surface area (TPSA) is 77.8 Å². The quantitative estimate of drug-likeness (QED) is 0.616. The van der Waals surface area contributed by atoms with Crippen LogP contribution in [0.1, 0.15) is 47.1 Å². The second kappa shape index (κ2) is 6.53. The maximum Gasteiger partial charge on any atom is 0.337 e. The minimum absolute atomic E-state index is 0.0648. The molecule has 2 aromatic rings. The van der Waals surface area contributed by atoms with E-state index in [1.165, 1.54) is 6.07 Å². The Labute approximate surface area is 156 Å². The van der Waals surface area contributed by atoms with Gasteiger partial charge in [0, 0.05) is 0 Å². The lowest BCUT2D eigenvalue weighted by Gasteiger charge is -2.54. The highest BCUT2D eigenvalue weighted by Crippen LogP contribution is 2.73. The molecular formula is C21H29O4P. The van der Waals surface area contributed by atoms with E-state index < -0.39 is 23.6 Å². The second-order valence-corrected chi connectivity index (χ2v) is 10.6. The van der Waals surface area contributed by atoms with Gasteiger partial charge in [0.25, 0.3) is 0 Å². The van der Waals surface area contributed by atoms with Gasteiger partial charge in [-0.25, -0.2) is 0 Å². The first kappa shape index (κ1) is 20.7. The molecule has 2 aromatic carbocycles. The van der Waals surface area contributed by atoms with Crippen LogP contribution < -0.4 is 0 Å². The average molecular weight is 376 g/mol. The van der Waals surface area contributed by atoms with Crippen molar-refractivity contribution in [2.75, 3.05) is 0 Å². The molecule has 4 nitrogen and oxygen atoms in total. The van der Waals surface area contributed by atoms with Crippen LogP contribution in [0.4, 0.5) is 0 Å². The number of phenolic OH excluding ortho intramolecular Hbond substituents is 1. The third-order valence-corrected chi connectivity index (χ3v) is 7.54. The van der Waals surface area contributed by atoms with Gasteiger partial charge in [-0.2, -0.15) is 0 Å². The van der Waals surface area contributed by atoms with Crippen molar-refractivity contribution in [1.29, 1.82) is 0 Å². The van der Waals surface area contributed by atoms with Crippen LogP contribution in [0, 0.1) is 10.8 Å². The molecule has 0 spiro atoms. The normalized spacial score (nSPS) is 13.7. The van der Waals surface area contributed by atoms with Gasteiger partial charge in [0.1, 0.15) is 10.9 Å². The zero-order valence-electron chi connectivity index (χ0n) is 16.3. The highest BCUT2D eigenvalue weighted by atomic mass is 31.2. The number of aromatic hydroxyl groups is 1. The van der Waals surface area contributed by atoms with Gasteiger partial charge in [0.2, 0.25) is 0 Å². The van der Waals surface area contributed by atoms with E-state index in [2.05, 4.69) is 0 Å². The molecule has 142 valence electrons. The van der Waals surface area contributed by atoms with E-state index in [4.69, 9.17) is 0 Å². The molecule has 0 saturated heterocycles. The van der Waals surface area contributed by atoms with Gasteiger partial charge in [-0.15, -0.1) is 0 Å². The maximum absolute atomic E-state index is 13.0. The van der Waals surface area contributed by atoms with Crippen LogP contribution >= 0.6 is 7.60 Å². The van der Waals surface area contributed by atoms with E-state index in [0.29, 0.717) is 11.1 Å². The Bertz CT molecular complexity index is 809. The van der Waals surface area contributed by atoms with Gasteiger partial charge in [-0.1, -0.05) is 77.9 Å². The number of hydrogen-bond acceptors (Lipinski definition) is 2. The van der Waals surface area contributed by atoms with Crippen molar-refractivity contribution in [2.45, 2.75) is 46.7 Å². The highest BCUT2D eigenvalue weighted by Gasteiger charge is 2.63. The standard InChI is InChI=1S/C21H29O4P/c1-19(2,3)21(20(4,5)6,26(23,24)25)18-13-12-16(22)14-17(18)15-10-8-7-9-11-15/h7-14,22H,1-6H3,(H2,23,24,25).